The van der Waals surface area contributed by atoms with E-state index in [4.69, 9.17) is 9.15 Å². The van der Waals surface area contributed by atoms with E-state index in [9.17, 15) is 9.59 Å². The van der Waals surface area contributed by atoms with E-state index in [2.05, 4.69) is 10.6 Å². The Balaban J connectivity index is 1.54. The van der Waals surface area contributed by atoms with Crippen molar-refractivity contribution in [1.29, 1.82) is 0 Å². The molecular weight excluding hydrogens is 320 g/mol. The lowest BCUT2D eigenvalue weighted by molar-refractivity contribution is -0.118. The van der Waals surface area contributed by atoms with Gasteiger partial charge >= 0.3 is 0 Å². The summed E-state index contributed by atoms with van der Waals surface area (Å²) in [7, 11) is 0. The third-order valence-electron chi connectivity index (χ3n) is 3.26. The molecule has 2 amide bonds. The fourth-order valence-electron chi connectivity index (χ4n) is 2.13. The largest absolute Gasteiger partial charge is 0.484 e. The third-order valence-corrected chi connectivity index (χ3v) is 3.26. The van der Waals surface area contributed by atoms with Crippen LogP contribution in [0.2, 0.25) is 0 Å². The maximum absolute atomic E-state index is 11.9. The molecule has 0 atom stereocenters. The average Bonchev–Trinajstić information content (AvgIpc) is 3.16. The van der Waals surface area contributed by atoms with Crippen LogP contribution < -0.4 is 15.4 Å². The molecule has 1 heterocycles. The molecule has 0 bridgehead atoms. The van der Waals surface area contributed by atoms with E-state index in [0.717, 1.165) is 0 Å². The summed E-state index contributed by atoms with van der Waals surface area (Å²) in [5.41, 5.74) is 1.25. The fraction of sp³-hybridized carbons (Fsp3) is 0.0526. The smallest absolute Gasteiger partial charge is 0.291 e. The minimum atomic E-state index is -0.357. The van der Waals surface area contributed by atoms with Gasteiger partial charge in [-0.05, 0) is 36.4 Å². The highest BCUT2D eigenvalue weighted by molar-refractivity contribution is 6.02. The second-order valence-corrected chi connectivity index (χ2v) is 5.16. The second kappa shape index (κ2) is 7.83. The topological polar surface area (TPSA) is 80.6 Å². The molecule has 0 radical (unpaired) electrons. The second-order valence-electron chi connectivity index (χ2n) is 5.16. The lowest BCUT2D eigenvalue weighted by Gasteiger charge is -2.09. The van der Waals surface area contributed by atoms with Crippen LogP contribution in [0, 0.1) is 0 Å². The van der Waals surface area contributed by atoms with Crippen molar-refractivity contribution in [3.63, 3.8) is 0 Å². The Morgan fingerprint density at radius 3 is 2.44 bits per heavy atom. The molecule has 0 fully saturated rings. The van der Waals surface area contributed by atoms with Crippen LogP contribution in [0.4, 0.5) is 11.4 Å². The number of carbonyl (C=O) groups excluding carboxylic acids is 2. The number of amides is 2. The molecule has 1 aromatic heterocycles. The Kier molecular flexibility index (Phi) is 5.11. The van der Waals surface area contributed by atoms with Crippen molar-refractivity contribution in [1.82, 2.24) is 0 Å². The number of benzene rings is 2. The van der Waals surface area contributed by atoms with Gasteiger partial charge < -0.3 is 19.8 Å². The molecule has 2 N–H and O–H groups in total. The molecule has 0 aliphatic carbocycles. The molecule has 0 saturated carbocycles. The van der Waals surface area contributed by atoms with E-state index in [1.54, 1.807) is 48.5 Å². The minimum absolute atomic E-state index is 0.134. The Hall–Kier alpha value is -3.54. The lowest BCUT2D eigenvalue weighted by atomic mass is 10.3. The predicted octanol–water partition coefficient (Wildman–Crippen LogP) is 3.55. The summed E-state index contributed by atoms with van der Waals surface area (Å²) in [5, 5.41) is 5.43. The van der Waals surface area contributed by atoms with Crippen molar-refractivity contribution >= 4 is 23.2 Å². The molecular formula is C19H16N2O4. The van der Waals surface area contributed by atoms with Crippen LogP contribution in [0.15, 0.2) is 77.4 Å². The van der Waals surface area contributed by atoms with Gasteiger partial charge in [-0.15, -0.1) is 0 Å². The van der Waals surface area contributed by atoms with Crippen molar-refractivity contribution in [2.75, 3.05) is 17.2 Å². The number of ether oxygens (including phenoxy) is 1. The van der Waals surface area contributed by atoms with E-state index in [0.29, 0.717) is 17.1 Å². The Morgan fingerprint density at radius 1 is 0.880 bits per heavy atom. The van der Waals surface area contributed by atoms with Crippen LogP contribution in [0.25, 0.3) is 0 Å². The summed E-state index contributed by atoms with van der Waals surface area (Å²) >= 11 is 0. The number of anilines is 2. The minimum Gasteiger partial charge on any atom is -0.484 e. The third kappa shape index (κ3) is 4.71. The molecule has 25 heavy (non-hydrogen) atoms. The molecule has 0 unspecified atom stereocenters. The molecule has 0 saturated heterocycles. The molecule has 126 valence electrons. The quantitative estimate of drug-likeness (QED) is 0.721. The number of furan rings is 1. The van der Waals surface area contributed by atoms with Crippen molar-refractivity contribution in [3.05, 3.63) is 78.8 Å². The molecule has 6 heteroatoms. The van der Waals surface area contributed by atoms with E-state index >= 15 is 0 Å². The summed E-state index contributed by atoms with van der Waals surface area (Å²) in [6.45, 7) is -0.134. The lowest BCUT2D eigenvalue weighted by Crippen LogP contribution is -2.20. The zero-order valence-electron chi connectivity index (χ0n) is 13.3. The van der Waals surface area contributed by atoms with E-state index in [1.807, 2.05) is 18.2 Å². The predicted molar refractivity (Wildman–Crippen MR) is 93.7 cm³/mol. The number of hydrogen-bond donors (Lipinski definition) is 2. The first kappa shape index (κ1) is 16.3. The molecule has 0 aliphatic rings. The van der Waals surface area contributed by atoms with Crippen LogP contribution in [0.3, 0.4) is 0 Å². The number of para-hydroxylation sites is 1. The van der Waals surface area contributed by atoms with Gasteiger partial charge in [0.1, 0.15) is 5.75 Å². The van der Waals surface area contributed by atoms with E-state index < -0.39 is 0 Å². The molecule has 3 rings (SSSR count). The van der Waals surface area contributed by atoms with Gasteiger partial charge in [0.15, 0.2) is 12.4 Å². The molecule has 0 spiro atoms. The Labute approximate surface area is 144 Å². The SMILES string of the molecule is O=C(COc1cccc(NC(=O)c2ccco2)c1)Nc1ccccc1. The first-order chi connectivity index (χ1) is 12.2. The molecule has 6 nitrogen and oxygen atoms in total. The number of hydrogen-bond acceptors (Lipinski definition) is 4. The number of nitrogens with one attached hydrogen (secondary N) is 2. The van der Waals surface area contributed by atoms with E-state index in [-0.39, 0.29) is 24.2 Å². The summed E-state index contributed by atoms with van der Waals surface area (Å²) in [5.74, 6) is 0.0641. The van der Waals surface area contributed by atoms with Gasteiger partial charge in [0.2, 0.25) is 0 Å². The van der Waals surface area contributed by atoms with Crippen LogP contribution in [-0.2, 0) is 4.79 Å². The standard InChI is InChI=1S/C19H16N2O4/c22-18(20-14-6-2-1-3-7-14)13-25-16-9-4-8-15(12-16)21-19(23)17-10-5-11-24-17/h1-12H,13H2,(H,20,22)(H,21,23). The van der Waals surface area contributed by atoms with Gasteiger partial charge in [0, 0.05) is 17.4 Å². The van der Waals surface area contributed by atoms with Gasteiger partial charge in [-0.1, -0.05) is 24.3 Å². The van der Waals surface area contributed by atoms with Crippen molar-refractivity contribution in [3.8, 4) is 5.75 Å². The zero-order chi connectivity index (χ0) is 17.5. The van der Waals surface area contributed by atoms with Crippen LogP contribution >= 0.6 is 0 Å². The summed E-state index contributed by atoms with van der Waals surface area (Å²) in [6, 6.07) is 19.1. The maximum Gasteiger partial charge on any atom is 0.291 e. The van der Waals surface area contributed by atoms with Crippen LogP contribution in [-0.4, -0.2) is 18.4 Å². The molecule has 0 aliphatic heterocycles. The molecule has 3 aromatic rings. The summed E-state index contributed by atoms with van der Waals surface area (Å²) in [4.78, 5) is 23.8. The molecule has 2 aromatic carbocycles. The van der Waals surface area contributed by atoms with Gasteiger partial charge in [0.25, 0.3) is 11.8 Å². The van der Waals surface area contributed by atoms with Gasteiger partial charge in [-0.25, -0.2) is 0 Å². The monoisotopic (exact) mass is 336 g/mol. The summed E-state index contributed by atoms with van der Waals surface area (Å²) < 4.78 is 10.5. The first-order valence-corrected chi connectivity index (χ1v) is 7.63. The van der Waals surface area contributed by atoms with E-state index in [1.165, 1.54) is 6.26 Å². The average molecular weight is 336 g/mol. The Bertz CT molecular complexity index is 845. The number of carbonyl (C=O) groups is 2. The van der Waals surface area contributed by atoms with Crippen molar-refractivity contribution < 1.29 is 18.7 Å². The van der Waals surface area contributed by atoms with Crippen molar-refractivity contribution in [2.45, 2.75) is 0 Å². The Morgan fingerprint density at radius 2 is 1.68 bits per heavy atom. The maximum atomic E-state index is 11.9. The first-order valence-electron chi connectivity index (χ1n) is 7.63. The van der Waals surface area contributed by atoms with Gasteiger partial charge in [0.05, 0.1) is 6.26 Å². The zero-order valence-corrected chi connectivity index (χ0v) is 13.3. The van der Waals surface area contributed by atoms with Crippen molar-refractivity contribution in [2.24, 2.45) is 0 Å². The highest BCUT2D eigenvalue weighted by Gasteiger charge is 2.09. The normalized spacial score (nSPS) is 10.1. The highest BCUT2D eigenvalue weighted by Crippen LogP contribution is 2.18. The van der Waals surface area contributed by atoms with Gasteiger partial charge in [-0.3, -0.25) is 9.59 Å². The fourth-order valence-corrected chi connectivity index (χ4v) is 2.13. The summed E-state index contributed by atoms with van der Waals surface area (Å²) in [6.07, 6.45) is 1.43. The number of rotatable bonds is 6. The van der Waals surface area contributed by atoms with Crippen LogP contribution in [0.1, 0.15) is 10.6 Å². The van der Waals surface area contributed by atoms with Gasteiger partial charge in [-0.2, -0.15) is 0 Å². The van der Waals surface area contributed by atoms with Crippen LogP contribution in [0.5, 0.6) is 5.75 Å². The highest BCUT2D eigenvalue weighted by atomic mass is 16.5.